The Kier molecular flexibility index (Phi) is 1.81. The van der Waals surface area contributed by atoms with Gasteiger partial charge in [-0.15, -0.1) is 5.75 Å². The Hall–Kier alpha value is -1.51. The minimum atomic E-state index is -1.07. The third kappa shape index (κ3) is 1.49. The molecule has 0 aliphatic heterocycles. The number of carboxylic acids is 1. The molecule has 0 heterocycles. The van der Waals surface area contributed by atoms with E-state index in [4.69, 9.17) is 5.11 Å². The first-order chi connectivity index (χ1) is 5.11. The summed E-state index contributed by atoms with van der Waals surface area (Å²) >= 11 is 0. The van der Waals surface area contributed by atoms with E-state index in [9.17, 15) is 9.90 Å². The van der Waals surface area contributed by atoms with Crippen molar-refractivity contribution >= 4 is 5.97 Å². The van der Waals surface area contributed by atoms with Crippen molar-refractivity contribution in [2.45, 2.75) is 6.92 Å². The number of aromatic carboxylic acids is 1. The molecule has 0 aliphatic carbocycles. The van der Waals surface area contributed by atoms with Gasteiger partial charge in [0.15, 0.2) is 0 Å². The van der Waals surface area contributed by atoms with Crippen LogP contribution in [0.2, 0.25) is 0 Å². The Morgan fingerprint density at radius 1 is 1.55 bits per heavy atom. The summed E-state index contributed by atoms with van der Waals surface area (Å²) in [6, 6.07) is 4.04. The van der Waals surface area contributed by atoms with Crippen molar-refractivity contribution in [3.63, 3.8) is 0 Å². The van der Waals surface area contributed by atoms with Gasteiger partial charge in [-0.25, -0.2) is 4.79 Å². The maximum absolute atomic E-state index is 10.9. The predicted octanol–water partition coefficient (Wildman–Crippen LogP) is 0.767. The van der Waals surface area contributed by atoms with Crippen molar-refractivity contribution in [2.75, 3.05) is 0 Å². The molecule has 0 radical (unpaired) electrons. The first-order valence-corrected chi connectivity index (χ1v) is 3.12. The minimum absolute atomic E-state index is 0.0422. The number of aryl methyl sites for hydroxylation is 1. The second-order valence-electron chi connectivity index (χ2n) is 2.29. The molecule has 0 aliphatic rings. The van der Waals surface area contributed by atoms with Gasteiger partial charge >= 0.3 is 5.97 Å². The molecule has 1 aromatic carbocycles. The molecule has 1 N–H and O–H groups in total. The van der Waals surface area contributed by atoms with Crippen LogP contribution >= 0.6 is 0 Å². The van der Waals surface area contributed by atoms with Gasteiger partial charge in [-0.3, -0.25) is 0 Å². The summed E-state index contributed by atoms with van der Waals surface area (Å²) in [6.45, 7) is 1.65. The Labute approximate surface area is 63.9 Å². The molecule has 11 heavy (non-hydrogen) atoms. The summed E-state index contributed by atoms with van der Waals surface area (Å²) in [5, 5.41) is 19.3. The average Bonchev–Trinajstić information content (AvgIpc) is 1.94. The molecule has 0 atom stereocenters. The highest BCUT2D eigenvalue weighted by atomic mass is 16.4. The van der Waals surface area contributed by atoms with Crippen LogP contribution in [0, 0.1) is 6.92 Å². The normalized spacial score (nSPS) is 9.55. The molecule has 0 unspecified atom stereocenters. The second-order valence-corrected chi connectivity index (χ2v) is 2.29. The molecular formula is C8H7O3-. The van der Waals surface area contributed by atoms with Gasteiger partial charge in [0, 0.05) is 0 Å². The van der Waals surface area contributed by atoms with Crippen LogP contribution in [0.3, 0.4) is 0 Å². The fourth-order valence-corrected chi connectivity index (χ4v) is 0.733. The molecule has 0 spiro atoms. The molecule has 0 saturated carbocycles. The van der Waals surface area contributed by atoms with Crippen molar-refractivity contribution < 1.29 is 15.0 Å². The smallest absolute Gasteiger partial charge is 0.335 e. The van der Waals surface area contributed by atoms with Crippen LogP contribution in [0.1, 0.15) is 15.9 Å². The highest BCUT2D eigenvalue weighted by molar-refractivity contribution is 5.88. The lowest BCUT2D eigenvalue weighted by Crippen LogP contribution is -2.00. The van der Waals surface area contributed by atoms with E-state index in [1.54, 1.807) is 6.92 Å². The number of hydrogen-bond acceptors (Lipinski definition) is 2. The van der Waals surface area contributed by atoms with Gasteiger partial charge in [0.05, 0.1) is 5.56 Å². The molecule has 0 aromatic heterocycles. The van der Waals surface area contributed by atoms with E-state index in [1.807, 2.05) is 0 Å². The number of carboxylic acid groups (broad SMARTS) is 1. The van der Waals surface area contributed by atoms with Crippen LogP contribution in [0.5, 0.6) is 5.75 Å². The van der Waals surface area contributed by atoms with Crippen molar-refractivity contribution in [3.8, 4) is 5.75 Å². The molecule has 3 nitrogen and oxygen atoms in total. The zero-order chi connectivity index (χ0) is 8.43. The zero-order valence-electron chi connectivity index (χ0n) is 6.00. The first-order valence-electron chi connectivity index (χ1n) is 3.12. The van der Waals surface area contributed by atoms with E-state index < -0.39 is 5.97 Å². The molecule has 0 amide bonds. The third-order valence-electron chi connectivity index (χ3n) is 1.44. The topological polar surface area (TPSA) is 60.4 Å². The maximum Gasteiger partial charge on any atom is 0.335 e. The molecule has 58 valence electrons. The van der Waals surface area contributed by atoms with Crippen LogP contribution in [0.25, 0.3) is 0 Å². The van der Waals surface area contributed by atoms with Crippen molar-refractivity contribution in [2.24, 2.45) is 0 Å². The third-order valence-corrected chi connectivity index (χ3v) is 1.44. The van der Waals surface area contributed by atoms with Gasteiger partial charge < -0.3 is 10.2 Å². The maximum atomic E-state index is 10.9. The fourth-order valence-electron chi connectivity index (χ4n) is 0.733. The SMILES string of the molecule is Cc1ccc(C(=O)O)cc1[O-]. The average molecular weight is 151 g/mol. The molecule has 0 saturated heterocycles. The van der Waals surface area contributed by atoms with Gasteiger partial charge in [-0.05, 0) is 13.0 Å². The number of carbonyl (C=O) groups is 1. The molecule has 1 rings (SSSR count). The molecule has 1 aromatic rings. The van der Waals surface area contributed by atoms with Crippen molar-refractivity contribution in [3.05, 3.63) is 29.3 Å². The molecule has 3 heteroatoms. The van der Waals surface area contributed by atoms with Gasteiger partial charge in [0.1, 0.15) is 0 Å². The van der Waals surface area contributed by atoms with E-state index in [1.165, 1.54) is 12.1 Å². The summed E-state index contributed by atoms with van der Waals surface area (Å²) in [5.74, 6) is -1.30. The van der Waals surface area contributed by atoms with E-state index in [2.05, 4.69) is 0 Å². The lowest BCUT2D eigenvalue weighted by Gasteiger charge is -2.09. The van der Waals surface area contributed by atoms with Crippen LogP contribution < -0.4 is 5.11 Å². The lowest BCUT2D eigenvalue weighted by atomic mass is 10.1. The summed E-state index contributed by atoms with van der Waals surface area (Å²) in [5.41, 5.74) is 0.607. The molecule has 0 bridgehead atoms. The van der Waals surface area contributed by atoms with Gasteiger partial charge in [-0.1, -0.05) is 17.7 Å². The number of benzene rings is 1. The van der Waals surface area contributed by atoms with Crippen LogP contribution in [0.15, 0.2) is 18.2 Å². The monoisotopic (exact) mass is 151 g/mol. The fraction of sp³-hybridized carbons (Fsp3) is 0.125. The van der Waals surface area contributed by atoms with E-state index in [-0.39, 0.29) is 11.3 Å². The van der Waals surface area contributed by atoms with Gasteiger partial charge in [0.25, 0.3) is 0 Å². The zero-order valence-corrected chi connectivity index (χ0v) is 6.00. The lowest BCUT2D eigenvalue weighted by molar-refractivity contribution is -0.269. The van der Waals surface area contributed by atoms with E-state index in [0.717, 1.165) is 6.07 Å². The van der Waals surface area contributed by atoms with Gasteiger partial charge in [0.2, 0.25) is 0 Å². The van der Waals surface area contributed by atoms with Gasteiger partial charge in [-0.2, -0.15) is 0 Å². The summed E-state index contributed by atoms with van der Waals surface area (Å²) in [4.78, 5) is 10.3. The summed E-state index contributed by atoms with van der Waals surface area (Å²) in [7, 11) is 0. The Morgan fingerprint density at radius 2 is 2.18 bits per heavy atom. The van der Waals surface area contributed by atoms with Crippen LogP contribution in [-0.2, 0) is 0 Å². The summed E-state index contributed by atoms with van der Waals surface area (Å²) in [6.07, 6.45) is 0. The Morgan fingerprint density at radius 3 is 2.64 bits per heavy atom. The standard InChI is InChI=1S/C8H8O3/c1-5-2-3-6(8(10)11)4-7(5)9/h2-4,9H,1H3,(H,10,11)/p-1. The van der Waals surface area contributed by atoms with Crippen LogP contribution in [-0.4, -0.2) is 11.1 Å². The second kappa shape index (κ2) is 2.62. The molecular weight excluding hydrogens is 144 g/mol. The Balaban J connectivity index is 3.15. The number of rotatable bonds is 1. The predicted molar refractivity (Wildman–Crippen MR) is 37.6 cm³/mol. The number of hydrogen-bond donors (Lipinski definition) is 1. The quantitative estimate of drug-likeness (QED) is 0.644. The van der Waals surface area contributed by atoms with Crippen LogP contribution in [0.4, 0.5) is 0 Å². The van der Waals surface area contributed by atoms with E-state index in [0.29, 0.717) is 5.56 Å². The van der Waals surface area contributed by atoms with E-state index >= 15 is 0 Å². The molecule has 0 fully saturated rings. The minimum Gasteiger partial charge on any atom is -0.872 e. The van der Waals surface area contributed by atoms with Crippen molar-refractivity contribution in [1.29, 1.82) is 0 Å². The summed E-state index contributed by atoms with van der Waals surface area (Å²) < 4.78 is 0. The van der Waals surface area contributed by atoms with Crippen molar-refractivity contribution in [1.82, 2.24) is 0 Å². The Bertz CT molecular complexity index is 291. The largest absolute Gasteiger partial charge is 0.872 e. The first kappa shape index (κ1) is 7.60. The highest BCUT2D eigenvalue weighted by Gasteiger charge is 2.00. The highest BCUT2D eigenvalue weighted by Crippen LogP contribution is 2.13.